The number of hydrogen-bond acceptors (Lipinski definition) is 3. The van der Waals surface area contributed by atoms with Crippen LogP contribution in [-0.4, -0.2) is 18.6 Å². The Morgan fingerprint density at radius 2 is 2.26 bits per heavy atom. The summed E-state index contributed by atoms with van der Waals surface area (Å²) in [5.41, 5.74) is 6.83. The minimum Gasteiger partial charge on any atom is -0.493 e. The summed E-state index contributed by atoms with van der Waals surface area (Å²) in [6.45, 7) is 4.58. The maximum atomic E-state index is 12.3. The topological polar surface area (TPSA) is 64.4 Å². The van der Waals surface area contributed by atoms with Crippen molar-refractivity contribution in [3.63, 3.8) is 0 Å². The second-order valence-corrected chi connectivity index (χ2v) is 5.02. The number of amides is 1. The number of nitrogen functional groups attached to an aromatic ring is 1. The predicted molar refractivity (Wildman–Crippen MR) is 76.3 cm³/mol. The van der Waals surface area contributed by atoms with E-state index in [4.69, 9.17) is 10.5 Å². The van der Waals surface area contributed by atoms with Gasteiger partial charge in [-0.2, -0.15) is 0 Å². The lowest BCUT2D eigenvalue weighted by atomic mass is 10.1. The molecule has 0 aromatic heterocycles. The van der Waals surface area contributed by atoms with Gasteiger partial charge in [-0.3, -0.25) is 4.79 Å². The van der Waals surface area contributed by atoms with E-state index in [0.717, 1.165) is 12.8 Å². The van der Waals surface area contributed by atoms with Gasteiger partial charge in [0.25, 0.3) is 5.91 Å². The Bertz CT molecular complexity index is 459. The van der Waals surface area contributed by atoms with Gasteiger partial charge in [0.1, 0.15) is 11.3 Å². The molecule has 2 unspecified atom stereocenters. The fourth-order valence-corrected chi connectivity index (χ4v) is 2.42. The summed E-state index contributed by atoms with van der Waals surface area (Å²) in [7, 11) is 0. The quantitative estimate of drug-likeness (QED) is 0.774. The molecule has 3 N–H and O–H groups in total. The summed E-state index contributed by atoms with van der Waals surface area (Å²) in [6.07, 6.45) is 3.42. The van der Waals surface area contributed by atoms with Crippen LogP contribution in [0.5, 0.6) is 5.75 Å². The molecule has 0 spiro atoms. The van der Waals surface area contributed by atoms with Crippen molar-refractivity contribution in [2.75, 3.05) is 12.3 Å². The van der Waals surface area contributed by atoms with Crippen LogP contribution in [0.3, 0.4) is 0 Å². The van der Waals surface area contributed by atoms with E-state index in [9.17, 15) is 4.79 Å². The minimum absolute atomic E-state index is 0.120. The number of carbonyl (C=O) groups is 1. The summed E-state index contributed by atoms with van der Waals surface area (Å²) >= 11 is 0. The van der Waals surface area contributed by atoms with E-state index in [-0.39, 0.29) is 5.91 Å². The predicted octanol–water partition coefficient (Wildman–Crippen LogP) is 2.59. The van der Waals surface area contributed by atoms with Gasteiger partial charge in [0.05, 0.1) is 6.61 Å². The van der Waals surface area contributed by atoms with Crippen LogP contribution in [0.2, 0.25) is 0 Å². The van der Waals surface area contributed by atoms with Gasteiger partial charge >= 0.3 is 0 Å². The van der Waals surface area contributed by atoms with E-state index >= 15 is 0 Å². The van der Waals surface area contributed by atoms with Gasteiger partial charge in [-0.15, -0.1) is 0 Å². The standard InChI is InChI=1S/C15H22N2O2/c1-3-6-10-9-12(10)17-15(18)14-11(16)7-5-8-13(14)19-4-2/h5,7-8,10,12H,3-4,6,9,16H2,1-2H3,(H,17,18). The van der Waals surface area contributed by atoms with E-state index in [2.05, 4.69) is 12.2 Å². The first-order valence-electron chi connectivity index (χ1n) is 6.99. The number of nitrogens with two attached hydrogens (primary N) is 1. The van der Waals surface area contributed by atoms with Crippen LogP contribution in [0.25, 0.3) is 0 Å². The fraction of sp³-hybridized carbons (Fsp3) is 0.533. The highest BCUT2D eigenvalue weighted by atomic mass is 16.5. The molecule has 1 saturated carbocycles. The summed E-state index contributed by atoms with van der Waals surface area (Å²) in [4.78, 5) is 12.3. The van der Waals surface area contributed by atoms with Crippen LogP contribution >= 0.6 is 0 Å². The SMILES string of the molecule is CCCC1CC1NC(=O)c1c(N)cccc1OCC. The molecule has 1 aromatic rings. The highest BCUT2D eigenvalue weighted by molar-refractivity contribution is 6.02. The van der Waals surface area contributed by atoms with Gasteiger partial charge < -0.3 is 15.8 Å². The molecule has 0 saturated heterocycles. The number of rotatable bonds is 6. The number of ether oxygens (including phenoxy) is 1. The zero-order valence-corrected chi connectivity index (χ0v) is 11.6. The summed E-state index contributed by atoms with van der Waals surface area (Å²) in [5.74, 6) is 1.08. The summed E-state index contributed by atoms with van der Waals surface area (Å²) < 4.78 is 5.47. The average molecular weight is 262 g/mol. The smallest absolute Gasteiger partial charge is 0.257 e. The Kier molecular flexibility index (Phi) is 4.30. The Balaban J connectivity index is 2.06. The molecule has 1 amide bonds. The molecule has 0 bridgehead atoms. The zero-order chi connectivity index (χ0) is 13.8. The molecule has 0 aliphatic heterocycles. The molecule has 0 radical (unpaired) electrons. The van der Waals surface area contributed by atoms with Gasteiger partial charge in [0, 0.05) is 11.7 Å². The van der Waals surface area contributed by atoms with E-state index in [1.165, 1.54) is 6.42 Å². The first kappa shape index (κ1) is 13.7. The average Bonchev–Trinajstić information content (AvgIpc) is 3.08. The van der Waals surface area contributed by atoms with Crippen molar-refractivity contribution in [2.24, 2.45) is 5.92 Å². The van der Waals surface area contributed by atoms with E-state index < -0.39 is 0 Å². The van der Waals surface area contributed by atoms with Crippen molar-refractivity contribution in [3.05, 3.63) is 23.8 Å². The number of hydrogen-bond donors (Lipinski definition) is 2. The summed E-state index contributed by atoms with van der Waals surface area (Å²) in [6, 6.07) is 5.62. The lowest BCUT2D eigenvalue weighted by Gasteiger charge is -2.12. The monoisotopic (exact) mass is 262 g/mol. The third kappa shape index (κ3) is 3.19. The molecule has 1 aliphatic rings. The highest BCUT2D eigenvalue weighted by Crippen LogP contribution is 2.35. The van der Waals surface area contributed by atoms with Crippen molar-refractivity contribution < 1.29 is 9.53 Å². The van der Waals surface area contributed by atoms with Gasteiger partial charge in [-0.1, -0.05) is 19.4 Å². The first-order chi connectivity index (χ1) is 9.17. The maximum absolute atomic E-state index is 12.3. The lowest BCUT2D eigenvalue weighted by molar-refractivity contribution is 0.0946. The molecule has 1 fully saturated rings. The number of anilines is 1. The molecule has 4 heteroatoms. The van der Waals surface area contributed by atoms with Crippen molar-refractivity contribution in [3.8, 4) is 5.75 Å². The molecule has 4 nitrogen and oxygen atoms in total. The van der Waals surface area contributed by atoms with E-state index in [1.807, 2.05) is 6.92 Å². The van der Waals surface area contributed by atoms with E-state index in [0.29, 0.717) is 35.6 Å². The molecule has 104 valence electrons. The van der Waals surface area contributed by atoms with Crippen molar-refractivity contribution >= 4 is 11.6 Å². The third-order valence-corrected chi connectivity index (χ3v) is 3.48. The van der Waals surface area contributed by atoms with Crippen LogP contribution in [0.1, 0.15) is 43.5 Å². The van der Waals surface area contributed by atoms with Crippen LogP contribution in [0.15, 0.2) is 18.2 Å². The molecule has 0 heterocycles. The van der Waals surface area contributed by atoms with Crippen molar-refractivity contribution in [1.29, 1.82) is 0 Å². The zero-order valence-electron chi connectivity index (χ0n) is 11.6. The summed E-state index contributed by atoms with van der Waals surface area (Å²) in [5, 5.41) is 3.05. The Morgan fingerprint density at radius 1 is 1.47 bits per heavy atom. The molecule has 1 aliphatic carbocycles. The van der Waals surface area contributed by atoms with Crippen LogP contribution in [0, 0.1) is 5.92 Å². The molecular formula is C15H22N2O2. The Morgan fingerprint density at radius 3 is 2.95 bits per heavy atom. The van der Waals surface area contributed by atoms with Gasteiger partial charge in [-0.25, -0.2) is 0 Å². The number of nitrogens with one attached hydrogen (secondary N) is 1. The Labute approximate surface area is 114 Å². The fourth-order valence-electron chi connectivity index (χ4n) is 2.42. The molecule has 1 aromatic carbocycles. The van der Waals surface area contributed by atoms with Crippen LogP contribution in [0.4, 0.5) is 5.69 Å². The normalized spacial score (nSPS) is 20.9. The van der Waals surface area contributed by atoms with Gasteiger partial charge in [0.2, 0.25) is 0 Å². The highest BCUT2D eigenvalue weighted by Gasteiger charge is 2.37. The van der Waals surface area contributed by atoms with E-state index in [1.54, 1.807) is 18.2 Å². The largest absolute Gasteiger partial charge is 0.493 e. The van der Waals surface area contributed by atoms with Crippen LogP contribution in [-0.2, 0) is 0 Å². The molecule has 2 atom stereocenters. The third-order valence-electron chi connectivity index (χ3n) is 3.48. The molecular weight excluding hydrogens is 240 g/mol. The minimum atomic E-state index is -0.120. The van der Waals surface area contributed by atoms with Crippen molar-refractivity contribution in [1.82, 2.24) is 5.32 Å². The second-order valence-electron chi connectivity index (χ2n) is 5.02. The van der Waals surface area contributed by atoms with Gasteiger partial charge in [0.15, 0.2) is 0 Å². The van der Waals surface area contributed by atoms with Gasteiger partial charge in [-0.05, 0) is 37.8 Å². The molecule has 2 rings (SSSR count). The second kappa shape index (κ2) is 5.95. The number of carbonyl (C=O) groups excluding carboxylic acids is 1. The Hall–Kier alpha value is -1.71. The van der Waals surface area contributed by atoms with Crippen LogP contribution < -0.4 is 15.8 Å². The maximum Gasteiger partial charge on any atom is 0.257 e. The lowest BCUT2D eigenvalue weighted by Crippen LogP contribution is -2.28. The first-order valence-corrected chi connectivity index (χ1v) is 6.99. The number of benzene rings is 1. The van der Waals surface area contributed by atoms with Crippen molar-refractivity contribution in [2.45, 2.75) is 39.2 Å². The molecule has 19 heavy (non-hydrogen) atoms.